The van der Waals surface area contributed by atoms with E-state index >= 15 is 0 Å². The van der Waals surface area contributed by atoms with Gasteiger partial charge in [0.25, 0.3) is 0 Å². The molecule has 0 N–H and O–H groups in total. The molecule has 0 fully saturated rings. The van der Waals surface area contributed by atoms with Gasteiger partial charge in [-0.25, -0.2) is 19.7 Å². The maximum Gasteiger partial charge on any atom is 0.420 e. The van der Waals surface area contributed by atoms with Crippen molar-refractivity contribution in [2.45, 2.75) is 39.4 Å². The van der Waals surface area contributed by atoms with Gasteiger partial charge in [-0.3, -0.25) is 0 Å². The molecule has 7 nitrogen and oxygen atoms in total. The van der Waals surface area contributed by atoms with Crippen LogP contribution in [0.4, 0.5) is 16.3 Å². The highest BCUT2D eigenvalue weighted by atomic mass is 79.9. The fourth-order valence-corrected chi connectivity index (χ4v) is 3.64. The third kappa shape index (κ3) is 4.13. The van der Waals surface area contributed by atoms with Crippen LogP contribution in [0.25, 0.3) is 5.57 Å². The molecule has 0 radical (unpaired) electrons. The molecule has 0 spiro atoms. The highest BCUT2D eigenvalue weighted by Gasteiger charge is 2.34. The average Bonchev–Trinajstić information content (AvgIpc) is 2.83. The Morgan fingerprint density at radius 3 is 2.83 bits per heavy atom. The number of hydrogen-bond acceptors (Lipinski definition) is 6. The quantitative estimate of drug-likeness (QED) is 0.596. The lowest BCUT2D eigenvalue weighted by atomic mass is 10.0. The molecule has 0 atom stereocenters. The minimum absolute atomic E-state index is 0.248. The van der Waals surface area contributed by atoms with Gasteiger partial charge >= 0.3 is 6.09 Å². The van der Waals surface area contributed by atoms with Crippen LogP contribution in [0.2, 0.25) is 0 Å². The Kier molecular flexibility index (Phi) is 5.31. The first kappa shape index (κ1) is 19.8. The van der Waals surface area contributed by atoms with Crippen LogP contribution in [0.1, 0.15) is 38.4 Å². The predicted molar refractivity (Wildman–Crippen MR) is 112 cm³/mol. The molecule has 0 bridgehead atoms. The number of carbonyl (C=O) groups excluding carboxylic acids is 1. The molecule has 1 amide bonds. The summed E-state index contributed by atoms with van der Waals surface area (Å²) in [5, 5.41) is 0. The summed E-state index contributed by atoms with van der Waals surface area (Å²) in [7, 11) is 0. The Morgan fingerprint density at radius 1 is 1.28 bits per heavy atom. The van der Waals surface area contributed by atoms with E-state index in [1.54, 1.807) is 0 Å². The molecule has 2 aliphatic rings. The van der Waals surface area contributed by atoms with Crippen LogP contribution in [0, 0.1) is 0 Å². The standard InChI is InChI=1S/C21H22BrN3O4/c1-21(2,3)29-20(26)25-16-10-14(22)4-5-17(16)28-11-15-18(23-12-24-19(15)25)13-6-8-27-9-7-13/h4-6,10,12H,7-9,11H2,1-3H3. The van der Waals surface area contributed by atoms with Crippen LogP contribution < -0.4 is 9.64 Å². The van der Waals surface area contributed by atoms with Crippen LogP contribution in [-0.2, 0) is 16.1 Å². The van der Waals surface area contributed by atoms with Crippen molar-refractivity contribution in [1.29, 1.82) is 0 Å². The van der Waals surface area contributed by atoms with Gasteiger partial charge in [0.2, 0.25) is 0 Å². The largest absolute Gasteiger partial charge is 0.486 e. The second kappa shape index (κ2) is 7.76. The minimum Gasteiger partial charge on any atom is -0.486 e. The fraction of sp³-hybridized carbons (Fsp3) is 0.381. The van der Waals surface area contributed by atoms with Gasteiger partial charge in [-0.1, -0.05) is 22.0 Å². The molecular formula is C21H22BrN3O4. The number of ether oxygens (including phenoxy) is 3. The number of rotatable bonds is 1. The van der Waals surface area contributed by atoms with Gasteiger partial charge in [0.15, 0.2) is 5.82 Å². The van der Waals surface area contributed by atoms with E-state index in [-0.39, 0.29) is 6.61 Å². The van der Waals surface area contributed by atoms with Gasteiger partial charge in [-0.15, -0.1) is 0 Å². The molecular weight excluding hydrogens is 438 g/mol. The normalized spacial score (nSPS) is 16.1. The summed E-state index contributed by atoms with van der Waals surface area (Å²) >= 11 is 3.48. The zero-order valence-electron chi connectivity index (χ0n) is 16.6. The molecule has 0 aliphatic carbocycles. The Labute approximate surface area is 177 Å². The monoisotopic (exact) mass is 459 g/mol. The van der Waals surface area contributed by atoms with Gasteiger partial charge in [0.1, 0.15) is 24.3 Å². The number of amides is 1. The lowest BCUT2D eigenvalue weighted by Crippen LogP contribution is -2.34. The topological polar surface area (TPSA) is 73.8 Å². The number of nitrogens with zero attached hydrogens (tertiary/aromatic N) is 3. The third-order valence-corrected chi connectivity index (χ3v) is 5.01. The Hall–Kier alpha value is -2.45. The SMILES string of the molecule is CC(C)(C)OC(=O)N1c2cc(Br)ccc2OCc2c(C3=CCOCC3)ncnc21. The second-order valence-electron chi connectivity index (χ2n) is 7.80. The number of aromatic nitrogens is 2. The van der Waals surface area contributed by atoms with E-state index in [9.17, 15) is 4.79 Å². The van der Waals surface area contributed by atoms with Gasteiger partial charge in [0.05, 0.1) is 30.2 Å². The Balaban J connectivity index is 1.88. The Morgan fingerprint density at radius 2 is 2.10 bits per heavy atom. The molecule has 0 saturated carbocycles. The number of carbonyl (C=O) groups is 1. The van der Waals surface area contributed by atoms with E-state index in [2.05, 4.69) is 25.9 Å². The molecule has 1 aromatic carbocycles. The lowest BCUT2D eigenvalue weighted by molar-refractivity contribution is 0.0598. The molecule has 29 heavy (non-hydrogen) atoms. The number of fused-ring (bicyclic) bond motifs is 2. The maximum absolute atomic E-state index is 13.2. The van der Waals surface area contributed by atoms with E-state index < -0.39 is 11.7 Å². The summed E-state index contributed by atoms with van der Waals surface area (Å²) in [6.45, 7) is 6.92. The van der Waals surface area contributed by atoms with Crippen LogP contribution in [0.5, 0.6) is 5.75 Å². The summed E-state index contributed by atoms with van der Waals surface area (Å²) in [5.74, 6) is 1.04. The number of hydrogen-bond donors (Lipinski definition) is 0. The molecule has 4 rings (SSSR count). The number of anilines is 2. The summed E-state index contributed by atoms with van der Waals surface area (Å²) in [5.41, 5.74) is 2.50. The summed E-state index contributed by atoms with van der Waals surface area (Å²) < 4.78 is 18.0. The highest BCUT2D eigenvalue weighted by molar-refractivity contribution is 9.10. The zero-order chi connectivity index (χ0) is 20.6. The highest BCUT2D eigenvalue weighted by Crippen LogP contribution is 2.42. The van der Waals surface area contributed by atoms with E-state index in [1.165, 1.54) is 11.2 Å². The summed E-state index contributed by atoms with van der Waals surface area (Å²) in [4.78, 5) is 23.7. The molecule has 2 aromatic rings. The van der Waals surface area contributed by atoms with Gasteiger partial charge < -0.3 is 14.2 Å². The first-order chi connectivity index (χ1) is 13.8. The first-order valence-electron chi connectivity index (χ1n) is 9.40. The molecule has 0 saturated heterocycles. The van der Waals surface area contributed by atoms with Crippen molar-refractivity contribution in [3.05, 3.63) is 46.3 Å². The Bertz CT molecular complexity index is 984. The molecule has 3 heterocycles. The lowest BCUT2D eigenvalue weighted by Gasteiger charge is -2.27. The third-order valence-electron chi connectivity index (χ3n) is 4.51. The van der Waals surface area contributed by atoms with Crippen molar-refractivity contribution in [2.24, 2.45) is 0 Å². The molecule has 8 heteroatoms. The van der Waals surface area contributed by atoms with E-state index in [0.717, 1.165) is 27.7 Å². The van der Waals surface area contributed by atoms with Crippen LogP contribution >= 0.6 is 15.9 Å². The smallest absolute Gasteiger partial charge is 0.420 e. The fourth-order valence-electron chi connectivity index (χ4n) is 3.29. The summed E-state index contributed by atoms with van der Waals surface area (Å²) in [6, 6.07) is 5.52. The molecule has 0 unspecified atom stereocenters. The van der Waals surface area contributed by atoms with Crippen molar-refractivity contribution in [3.8, 4) is 5.75 Å². The van der Waals surface area contributed by atoms with Crippen LogP contribution in [0.15, 0.2) is 35.1 Å². The van der Waals surface area contributed by atoms with Crippen LogP contribution in [-0.4, -0.2) is 34.9 Å². The van der Waals surface area contributed by atoms with Crippen molar-refractivity contribution in [3.63, 3.8) is 0 Å². The van der Waals surface area contributed by atoms with Crippen molar-refractivity contribution >= 4 is 39.1 Å². The van der Waals surface area contributed by atoms with Crippen molar-refractivity contribution < 1.29 is 19.0 Å². The van der Waals surface area contributed by atoms with E-state index in [4.69, 9.17) is 14.2 Å². The van der Waals surface area contributed by atoms with E-state index in [0.29, 0.717) is 30.5 Å². The van der Waals surface area contributed by atoms with Crippen LogP contribution in [0.3, 0.4) is 0 Å². The second-order valence-corrected chi connectivity index (χ2v) is 8.71. The van der Waals surface area contributed by atoms with Crippen molar-refractivity contribution in [2.75, 3.05) is 18.1 Å². The molecule has 1 aromatic heterocycles. The van der Waals surface area contributed by atoms with Gasteiger partial charge in [0, 0.05) is 4.47 Å². The van der Waals surface area contributed by atoms with Crippen molar-refractivity contribution in [1.82, 2.24) is 9.97 Å². The first-order valence-corrected chi connectivity index (χ1v) is 10.2. The number of halogens is 1. The number of benzene rings is 1. The maximum atomic E-state index is 13.2. The summed E-state index contributed by atoms with van der Waals surface area (Å²) in [6.07, 6.45) is 3.71. The van der Waals surface area contributed by atoms with E-state index in [1.807, 2.05) is 45.0 Å². The molecule has 152 valence electrons. The van der Waals surface area contributed by atoms with Gasteiger partial charge in [-0.2, -0.15) is 0 Å². The molecule has 2 aliphatic heterocycles. The predicted octanol–water partition coefficient (Wildman–Crippen LogP) is 5.01. The van der Waals surface area contributed by atoms with Gasteiger partial charge in [-0.05, 0) is 51.0 Å². The minimum atomic E-state index is -0.657. The average molecular weight is 460 g/mol. The zero-order valence-corrected chi connectivity index (χ0v) is 18.2.